The molecule has 3 aromatic rings. The van der Waals surface area contributed by atoms with Crippen molar-refractivity contribution >= 4 is 18.6 Å². The number of halogens is 3. The standard InChI is InChI=1S/C16H13F3N3O5P/c17-16(18,19)9-7-10-13-8(12(9)21-5-1-2-6-21)3-4-11(28(25,26)27)22(13)15(24)14(23)20-10/h1-2,5-7,11H,3-4H2,(H,20,23)(H2,25,26,27). The molecule has 2 aromatic heterocycles. The van der Waals surface area contributed by atoms with Crippen molar-refractivity contribution < 1.29 is 27.5 Å². The molecule has 0 fully saturated rings. The molecule has 4 rings (SSSR count). The topological polar surface area (TPSA) is 117 Å². The number of hydrogen-bond donors (Lipinski definition) is 3. The highest BCUT2D eigenvalue weighted by molar-refractivity contribution is 7.51. The highest BCUT2D eigenvalue weighted by Gasteiger charge is 2.41. The van der Waals surface area contributed by atoms with Gasteiger partial charge in [-0.1, -0.05) is 0 Å². The Morgan fingerprint density at radius 3 is 2.39 bits per heavy atom. The normalized spacial score (nSPS) is 17.2. The molecule has 8 nitrogen and oxygen atoms in total. The number of hydrogen-bond acceptors (Lipinski definition) is 3. The van der Waals surface area contributed by atoms with Gasteiger partial charge in [-0.2, -0.15) is 13.2 Å². The molecule has 1 aliphatic heterocycles. The molecule has 0 saturated heterocycles. The van der Waals surface area contributed by atoms with E-state index in [1.807, 2.05) is 0 Å². The fourth-order valence-corrected chi connectivity index (χ4v) is 4.70. The lowest BCUT2D eigenvalue weighted by Gasteiger charge is -2.30. The number of alkyl halides is 3. The van der Waals surface area contributed by atoms with E-state index in [9.17, 15) is 37.1 Å². The number of nitrogens with one attached hydrogen (secondary N) is 1. The molecule has 3 N–H and O–H groups in total. The summed E-state index contributed by atoms with van der Waals surface area (Å²) in [5.74, 6) is -1.62. The number of aromatic amines is 1. The van der Waals surface area contributed by atoms with Gasteiger partial charge in [0.05, 0.1) is 22.3 Å². The van der Waals surface area contributed by atoms with Gasteiger partial charge in [0.2, 0.25) is 0 Å². The first-order chi connectivity index (χ1) is 13.0. The molecule has 0 saturated carbocycles. The van der Waals surface area contributed by atoms with Crippen molar-refractivity contribution in [2.75, 3.05) is 0 Å². The lowest BCUT2D eigenvalue weighted by molar-refractivity contribution is -0.137. The molecule has 1 aliphatic rings. The smallest absolute Gasteiger partial charge is 0.323 e. The molecular formula is C16H13F3N3O5P. The van der Waals surface area contributed by atoms with Gasteiger partial charge in [0.15, 0.2) is 0 Å². The van der Waals surface area contributed by atoms with E-state index in [0.717, 1.165) is 0 Å². The Balaban J connectivity index is 2.24. The summed E-state index contributed by atoms with van der Waals surface area (Å²) in [7, 11) is -4.84. The molecule has 0 spiro atoms. The third-order valence-electron chi connectivity index (χ3n) is 4.78. The summed E-state index contributed by atoms with van der Waals surface area (Å²) >= 11 is 0. The zero-order chi connectivity index (χ0) is 20.4. The van der Waals surface area contributed by atoms with Crippen LogP contribution >= 0.6 is 7.60 Å². The zero-order valence-electron chi connectivity index (χ0n) is 14.0. The maximum Gasteiger partial charge on any atom is 0.418 e. The fraction of sp³-hybridized carbons (Fsp3) is 0.250. The molecule has 12 heteroatoms. The average Bonchev–Trinajstić information content (AvgIpc) is 3.11. The molecule has 1 unspecified atom stereocenters. The maximum atomic E-state index is 13.8. The van der Waals surface area contributed by atoms with Crippen molar-refractivity contribution in [2.45, 2.75) is 24.8 Å². The molecule has 3 heterocycles. The number of aromatic nitrogens is 3. The number of aryl methyl sites for hydroxylation is 1. The van der Waals surface area contributed by atoms with Gasteiger partial charge in [0, 0.05) is 18.0 Å². The summed E-state index contributed by atoms with van der Waals surface area (Å²) in [6.07, 6.45) is -2.37. The summed E-state index contributed by atoms with van der Waals surface area (Å²) in [5, 5.41) is 0. The first kappa shape index (κ1) is 18.7. The summed E-state index contributed by atoms with van der Waals surface area (Å²) in [4.78, 5) is 45.7. The van der Waals surface area contributed by atoms with E-state index in [1.54, 1.807) is 0 Å². The van der Waals surface area contributed by atoms with Gasteiger partial charge in [0.1, 0.15) is 5.78 Å². The molecule has 0 amide bonds. The molecule has 1 aromatic carbocycles. The second-order valence-corrected chi connectivity index (χ2v) is 8.25. The number of nitrogens with zero attached hydrogens (tertiary/aromatic N) is 2. The minimum Gasteiger partial charge on any atom is -0.323 e. The van der Waals surface area contributed by atoms with Crippen LogP contribution in [0.5, 0.6) is 0 Å². The van der Waals surface area contributed by atoms with E-state index in [4.69, 9.17) is 0 Å². The maximum absolute atomic E-state index is 13.8. The van der Waals surface area contributed by atoms with Crippen LogP contribution in [0.25, 0.3) is 16.7 Å². The van der Waals surface area contributed by atoms with E-state index in [0.29, 0.717) is 10.6 Å². The molecule has 0 bridgehead atoms. The first-order valence-corrected chi connectivity index (χ1v) is 9.78. The van der Waals surface area contributed by atoms with Crippen LogP contribution in [0.15, 0.2) is 40.2 Å². The fourth-order valence-electron chi connectivity index (χ4n) is 3.71. The van der Waals surface area contributed by atoms with Crippen LogP contribution in [0.2, 0.25) is 0 Å². The lowest BCUT2D eigenvalue weighted by atomic mass is 9.96. The van der Waals surface area contributed by atoms with E-state index >= 15 is 0 Å². The number of benzene rings is 1. The Kier molecular flexibility index (Phi) is 3.97. The van der Waals surface area contributed by atoms with E-state index in [1.165, 1.54) is 29.1 Å². The van der Waals surface area contributed by atoms with Crippen LogP contribution in [0.3, 0.4) is 0 Å². The minimum atomic E-state index is -4.84. The van der Waals surface area contributed by atoms with Gasteiger partial charge in [0.25, 0.3) is 0 Å². The third-order valence-corrected chi connectivity index (χ3v) is 6.05. The van der Waals surface area contributed by atoms with Crippen LogP contribution in [0.1, 0.15) is 23.3 Å². The van der Waals surface area contributed by atoms with Crippen molar-refractivity contribution in [1.29, 1.82) is 0 Å². The molecule has 1 atom stereocenters. The Morgan fingerprint density at radius 1 is 1.18 bits per heavy atom. The molecule has 0 radical (unpaired) electrons. The molecule has 0 aliphatic carbocycles. The Hall–Kier alpha value is -2.62. The van der Waals surface area contributed by atoms with E-state index in [2.05, 4.69) is 4.98 Å². The van der Waals surface area contributed by atoms with Crippen LogP contribution in [-0.2, 0) is 17.2 Å². The SMILES string of the molecule is O=c1[nH]c2cc(C(F)(F)F)c(-n3cccc3)c3c2n(c1=O)C(P(=O)(O)O)CC3. The summed E-state index contributed by atoms with van der Waals surface area (Å²) in [5.41, 5.74) is -4.07. The third kappa shape index (κ3) is 2.74. The average molecular weight is 415 g/mol. The lowest BCUT2D eigenvalue weighted by Crippen LogP contribution is -2.40. The Bertz CT molecular complexity index is 1250. The van der Waals surface area contributed by atoms with Crippen molar-refractivity contribution in [3.8, 4) is 5.69 Å². The first-order valence-electron chi connectivity index (χ1n) is 8.10. The predicted octanol–water partition coefficient (Wildman–Crippen LogP) is 2.12. The Labute approximate surface area is 154 Å². The highest BCUT2D eigenvalue weighted by atomic mass is 31.2. The molecule has 148 valence electrons. The molecule has 28 heavy (non-hydrogen) atoms. The predicted molar refractivity (Wildman–Crippen MR) is 92.6 cm³/mol. The second-order valence-electron chi connectivity index (χ2n) is 6.47. The Morgan fingerprint density at radius 2 is 1.82 bits per heavy atom. The van der Waals surface area contributed by atoms with Gasteiger partial charge < -0.3 is 19.3 Å². The van der Waals surface area contributed by atoms with Crippen molar-refractivity contribution in [3.63, 3.8) is 0 Å². The van der Waals surface area contributed by atoms with Crippen molar-refractivity contribution in [3.05, 3.63) is 62.4 Å². The number of H-pyrrole nitrogens is 1. The number of rotatable bonds is 2. The van der Waals surface area contributed by atoms with Gasteiger partial charge in [-0.15, -0.1) is 0 Å². The summed E-state index contributed by atoms with van der Waals surface area (Å²) in [6, 6.07) is 3.74. The monoisotopic (exact) mass is 415 g/mol. The molecular weight excluding hydrogens is 402 g/mol. The van der Waals surface area contributed by atoms with Gasteiger partial charge in [-0.25, -0.2) is 0 Å². The van der Waals surface area contributed by atoms with Crippen molar-refractivity contribution in [1.82, 2.24) is 14.1 Å². The van der Waals surface area contributed by atoms with Gasteiger partial charge in [-0.3, -0.25) is 18.7 Å². The van der Waals surface area contributed by atoms with Crippen molar-refractivity contribution in [2.24, 2.45) is 0 Å². The van der Waals surface area contributed by atoms with Gasteiger partial charge >= 0.3 is 24.9 Å². The van der Waals surface area contributed by atoms with Crippen LogP contribution in [0.4, 0.5) is 13.2 Å². The van der Waals surface area contributed by atoms with Gasteiger partial charge in [-0.05, 0) is 31.0 Å². The highest BCUT2D eigenvalue weighted by Crippen LogP contribution is 2.54. The van der Waals surface area contributed by atoms with E-state index in [-0.39, 0.29) is 35.1 Å². The van der Waals surface area contributed by atoms with Crippen LogP contribution in [-0.4, -0.2) is 23.9 Å². The summed E-state index contributed by atoms with van der Waals surface area (Å²) in [6.45, 7) is 0. The van der Waals surface area contributed by atoms with E-state index < -0.39 is 36.2 Å². The largest absolute Gasteiger partial charge is 0.418 e. The quantitative estimate of drug-likeness (QED) is 0.438. The zero-order valence-corrected chi connectivity index (χ0v) is 14.9. The van der Waals surface area contributed by atoms with Crippen LogP contribution < -0.4 is 11.1 Å². The summed E-state index contributed by atoms with van der Waals surface area (Å²) < 4.78 is 55.0. The minimum absolute atomic E-state index is 0.0825. The second kappa shape index (κ2) is 5.94. The van der Waals surface area contributed by atoms with Crippen LogP contribution in [0, 0.1) is 0 Å².